The summed E-state index contributed by atoms with van der Waals surface area (Å²) in [6, 6.07) is 22.8. The number of carbonyl (C=O) groups is 1. The molecular weight excluding hydrogens is 787 g/mol. The number of benzene rings is 4. The fraction of sp³-hybridized carbons (Fsp3) is 0.326. The van der Waals surface area contributed by atoms with Crippen molar-refractivity contribution in [2.75, 3.05) is 20.3 Å². The number of halogens is 2. The van der Waals surface area contributed by atoms with Crippen LogP contribution in [0.15, 0.2) is 77.7 Å². The standard InChI is InChI=1S/C46H50ClFN6O4S/c1-8-33-23-32(50-54(33)6)25-49-26-40-42(28(3)53(5)51-40)43-39(47)19-18-38-37(45(46(55)57-9-2)52(4)44(38)43)11-10-20-58-41-24-35(22-30-21-31(48)14-17-36(30)41)59-27-29-12-15-34(56-7)16-13-29/h12-19,21-24,49H,8-11,20,25-27H2,1-7H3. The first-order valence-electron chi connectivity index (χ1n) is 19.8. The molecule has 3 heterocycles. The van der Waals surface area contributed by atoms with Gasteiger partial charge in [0, 0.05) is 78.2 Å². The van der Waals surface area contributed by atoms with Gasteiger partial charge in [0.1, 0.15) is 23.0 Å². The number of hydrogen-bond donors (Lipinski definition) is 1. The smallest absolute Gasteiger partial charge is 0.355 e. The van der Waals surface area contributed by atoms with Gasteiger partial charge in [-0.15, -0.1) is 11.8 Å². The van der Waals surface area contributed by atoms with E-state index in [0.717, 1.165) is 83.8 Å². The van der Waals surface area contributed by atoms with Crippen molar-refractivity contribution in [3.63, 3.8) is 0 Å². The topological polar surface area (TPSA) is 97.4 Å². The third-order valence-corrected chi connectivity index (χ3v) is 12.1. The number of fused-ring (bicyclic) bond motifs is 2. The number of esters is 1. The summed E-state index contributed by atoms with van der Waals surface area (Å²) >= 11 is 8.78. The van der Waals surface area contributed by atoms with E-state index in [4.69, 9.17) is 30.9 Å². The molecule has 0 atom stereocenters. The zero-order valence-electron chi connectivity index (χ0n) is 34.6. The van der Waals surface area contributed by atoms with Crippen molar-refractivity contribution in [2.24, 2.45) is 21.1 Å². The minimum Gasteiger partial charge on any atom is -0.497 e. The van der Waals surface area contributed by atoms with Crippen molar-refractivity contribution >= 4 is 51.0 Å². The van der Waals surface area contributed by atoms with Crippen LogP contribution in [0.2, 0.25) is 5.02 Å². The van der Waals surface area contributed by atoms with E-state index in [-0.39, 0.29) is 12.4 Å². The lowest BCUT2D eigenvalue weighted by Crippen LogP contribution is -2.14. The summed E-state index contributed by atoms with van der Waals surface area (Å²) in [7, 11) is 7.44. The second kappa shape index (κ2) is 18.3. The molecule has 1 N–H and O–H groups in total. The number of nitrogens with zero attached hydrogens (tertiary/aromatic N) is 5. The molecule has 0 aliphatic rings. The monoisotopic (exact) mass is 836 g/mol. The Hall–Kier alpha value is -5.30. The Bertz CT molecular complexity index is 2630. The molecule has 4 aromatic carbocycles. The lowest BCUT2D eigenvalue weighted by Gasteiger charge is -2.13. The number of methoxy groups -OCH3 is 1. The van der Waals surface area contributed by atoms with Crippen molar-refractivity contribution in [3.8, 4) is 22.6 Å². The van der Waals surface area contributed by atoms with Crippen molar-refractivity contribution in [1.29, 1.82) is 0 Å². The molecule has 0 unspecified atom stereocenters. The van der Waals surface area contributed by atoms with Crippen LogP contribution in [0.3, 0.4) is 0 Å². The molecule has 0 amide bonds. The Balaban J connectivity index is 1.16. The Morgan fingerprint density at radius 1 is 0.915 bits per heavy atom. The van der Waals surface area contributed by atoms with E-state index < -0.39 is 5.97 Å². The normalized spacial score (nSPS) is 11.5. The van der Waals surface area contributed by atoms with E-state index in [2.05, 4.69) is 23.4 Å². The summed E-state index contributed by atoms with van der Waals surface area (Å²) in [6.07, 6.45) is 2.05. The molecule has 0 saturated carbocycles. The Kier molecular flexibility index (Phi) is 13.0. The summed E-state index contributed by atoms with van der Waals surface area (Å²) in [6.45, 7) is 7.65. The summed E-state index contributed by atoms with van der Waals surface area (Å²) in [5, 5.41) is 16.2. The van der Waals surface area contributed by atoms with Gasteiger partial charge in [-0.2, -0.15) is 10.2 Å². The Morgan fingerprint density at radius 2 is 1.69 bits per heavy atom. The highest BCUT2D eigenvalue weighted by Crippen LogP contribution is 2.42. The highest BCUT2D eigenvalue weighted by Gasteiger charge is 2.28. The van der Waals surface area contributed by atoms with Crippen LogP contribution in [-0.2, 0) is 57.6 Å². The first-order chi connectivity index (χ1) is 28.5. The molecule has 7 aromatic rings. The number of rotatable bonds is 17. The second-order valence-corrected chi connectivity index (χ2v) is 16.0. The third kappa shape index (κ3) is 8.85. The SMILES string of the molecule is CCOC(=O)c1c(CCCOc2cc(SCc3ccc(OC)cc3)cc3cc(F)ccc23)c2ccc(Cl)c(-c3c(CNCc4cc(CC)n(C)n4)nn(C)c3C)c2n1C. The van der Waals surface area contributed by atoms with Crippen molar-refractivity contribution in [2.45, 2.75) is 63.8 Å². The van der Waals surface area contributed by atoms with Crippen LogP contribution in [0.4, 0.5) is 4.39 Å². The first kappa shape index (κ1) is 41.8. The number of thioether (sulfide) groups is 1. The second-order valence-electron chi connectivity index (χ2n) is 14.5. The summed E-state index contributed by atoms with van der Waals surface area (Å²) < 4.78 is 37.6. The molecule has 3 aromatic heterocycles. The van der Waals surface area contributed by atoms with Crippen LogP contribution < -0.4 is 14.8 Å². The van der Waals surface area contributed by atoms with E-state index >= 15 is 0 Å². The molecule has 10 nitrogen and oxygen atoms in total. The van der Waals surface area contributed by atoms with Gasteiger partial charge in [-0.05, 0) is 104 Å². The van der Waals surface area contributed by atoms with Gasteiger partial charge in [0.15, 0.2) is 0 Å². The van der Waals surface area contributed by atoms with Crippen LogP contribution in [0.5, 0.6) is 11.5 Å². The van der Waals surface area contributed by atoms with E-state index in [1.54, 1.807) is 24.9 Å². The zero-order valence-corrected chi connectivity index (χ0v) is 36.2. The fourth-order valence-electron chi connectivity index (χ4n) is 7.78. The van der Waals surface area contributed by atoms with E-state index in [1.807, 2.05) is 97.5 Å². The fourth-order valence-corrected chi connectivity index (χ4v) is 8.95. The third-order valence-electron chi connectivity index (χ3n) is 10.8. The largest absolute Gasteiger partial charge is 0.497 e. The zero-order chi connectivity index (χ0) is 41.8. The van der Waals surface area contributed by atoms with Crippen LogP contribution in [0.25, 0.3) is 32.8 Å². The number of aromatic nitrogens is 5. The number of nitrogens with one attached hydrogen (secondary N) is 1. The molecule has 0 spiro atoms. The lowest BCUT2D eigenvalue weighted by atomic mass is 9.98. The molecule has 0 bridgehead atoms. The molecule has 0 saturated heterocycles. The van der Waals surface area contributed by atoms with E-state index in [1.165, 1.54) is 17.8 Å². The number of hydrogen-bond acceptors (Lipinski definition) is 8. The maximum absolute atomic E-state index is 14.4. The highest BCUT2D eigenvalue weighted by molar-refractivity contribution is 7.98. The van der Waals surface area contributed by atoms with Gasteiger partial charge < -0.3 is 24.1 Å². The molecule has 7 rings (SSSR count). The maximum Gasteiger partial charge on any atom is 0.355 e. The van der Waals surface area contributed by atoms with Gasteiger partial charge in [-0.25, -0.2) is 9.18 Å². The van der Waals surface area contributed by atoms with Crippen LogP contribution >= 0.6 is 23.4 Å². The Morgan fingerprint density at radius 3 is 2.42 bits per heavy atom. The van der Waals surface area contributed by atoms with E-state index in [9.17, 15) is 9.18 Å². The molecule has 0 aliphatic heterocycles. The lowest BCUT2D eigenvalue weighted by molar-refractivity contribution is 0.0514. The first-order valence-corrected chi connectivity index (χ1v) is 21.2. The predicted molar refractivity (Wildman–Crippen MR) is 234 cm³/mol. The molecule has 308 valence electrons. The molecule has 0 radical (unpaired) electrons. The maximum atomic E-state index is 14.4. The molecule has 13 heteroatoms. The minimum atomic E-state index is -0.398. The van der Waals surface area contributed by atoms with Crippen molar-refractivity contribution < 1.29 is 23.4 Å². The van der Waals surface area contributed by atoms with Gasteiger partial charge in [-0.1, -0.05) is 36.7 Å². The summed E-state index contributed by atoms with van der Waals surface area (Å²) in [5.74, 6) is 1.52. The van der Waals surface area contributed by atoms with Gasteiger partial charge in [0.2, 0.25) is 0 Å². The number of ether oxygens (including phenoxy) is 3. The van der Waals surface area contributed by atoms with Crippen molar-refractivity contribution in [1.82, 2.24) is 29.4 Å². The molecule has 59 heavy (non-hydrogen) atoms. The van der Waals surface area contributed by atoms with Crippen LogP contribution in [-0.4, -0.2) is 50.4 Å². The van der Waals surface area contributed by atoms with Crippen molar-refractivity contribution in [3.05, 3.63) is 123 Å². The van der Waals surface area contributed by atoms with Crippen LogP contribution in [0, 0.1) is 12.7 Å². The van der Waals surface area contributed by atoms with Gasteiger partial charge in [0.25, 0.3) is 0 Å². The summed E-state index contributed by atoms with van der Waals surface area (Å²) in [5.41, 5.74) is 8.99. The summed E-state index contributed by atoms with van der Waals surface area (Å²) in [4.78, 5) is 14.7. The van der Waals surface area contributed by atoms with Gasteiger partial charge in [0.05, 0.1) is 42.3 Å². The van der Waals surface area contributed by atoms with E-state index in [0.29, 0.717) is 49.0 Å². The highest BCUT2D eigenvalue weighted by atomic mass is 35.5. The van der Waals surface area contributed by atoms with Gasteiger partial charge in [-0.3, -0.25) is 9.36 Å². The molecule has 0 aliphatic carbocycles. The average Bonchev–Trinajstić information content (AvgIpc) is 3.83. The Labute approximate surface area is 353 Å². The number of carbonyl (C=O) groups excluding carboxylic acids is 1. The minimum absolute atomic E-state index is 0.241. The average molecular weight is 837 g/mol. The quantitative estimate of drug-likeness (QED) is 0.0551. The molecule has 0 fully saturated rings. The number of aryl methyl sites for hydroxylation is 5. The predicted octanol–water partition coefficient (Wildman–Crippen LogP) is 9.91. The molecular formula is C46H50ClFN6O4S. The van der Waals surface area contributed by atoms with Crippen LogP contribution in [0.1, 0.15) is 64.7 Å². The van der Waals surface area contributed by atoms with Gasteiger partial charge >= 0.3 is 5.97 Å².